The molecule has 1 aliphatic rings. The Labute approximate surface area is 139 Å². The molecule has 2 atom stereocenters. The first-order chi connectivity index (χ1) is 11.2. The highest BCUT2D eigenvalue weighted by atomic mass is 32.1. The first-order valence-electron chi connectivity index (χ1n) is 7.60. The second-order valence-electron chi connectivity index (χ2n) is 5.62. The van der Waals surface area contributed by atoms with E-state index in [0.29, 0.717) is 0 Å². The van der Waals surface area contributed by atoms with Gasteiger partial charge < -0.3 is 5.73 Å². The lowest BCUT2D eigenvalue weighted by molar-refractivity contribution is -0.126. The molecule has 3 N–H and O–H groups in total. The van der Waals surface area contributed by atoms with Gasteiger partial charge in [-0.3, -0.25) is 15.0 Å². The van der Waals surface area contributed by atoms with Crippen LogP contribution in [0.15, 0.2) is 47.2 Å². The smallest absolute Gasteiger partial charge is 0.318 e. The molecule has 1 fully saturated rings. The summed E-state index contributed by atoms with van der Waals surface area (Å²) in [6.45, 7) is 0.812. The number of urea groups is 1. The summed E-state index contributed by atoms with van der Waals surface area (Å²) < 4.78 is 0. The van der Waals surface area contributed by atoms with Gasteiger partial charge in [0.05, 0.1) is 0 Å². The lowest BCUT2D eigenvalue weighted by atomic mass is 10.0. The van der Waals surface area contributed by atoms with Crippen LogP contribution in [0.1, 0.15) is 36.1 Å². The summed E-state index contributed by atoms with van der Waals surface area (Å²) in [5.41, 5.74) is 7.24. The van der Waals surface area contributed by atoms with Crippen LogP contribution in [-0.2, 0) is 4.79 Å². The Balaban J connectivity index is 1.94. The number of carbonyl (C=O) groups excluding carboxylic acids is 2. The fourth-order valence-corrected chi connectivity index (χ4v) is 3.95. The number of likely N-dealkylation sites (tertiary alicyclic amines) is 1. The predicted molar refractivity (Wildman–Crippen MR) is 89.9 cm³/mol. The van der Waals surface area contributed by atoms with Crippen molar-refractivity contribution in [1.29, 1.82) is 0 Å². The summed E-state index contributed by atoms with van der Waals surface area (Å²) in [5, 5.41) is 6.42. The van der Waals surface area contributed by atoms with Crippen molar-refractivity contribution in [2.75, 3.05) is 6.54 Å². The Morgan fingerprint density at radius 1 is 1.26 bits per heavy atom. The van der Waals surface area contributed by atoms with Gasteiger partial charge in [-0.25, -0.2) is 4.79 Å². The maximum Gasteiger partial charge on any atom is 0.318 e. The number of nitrogens with one attached hydrogen (secondary N) is 1. The van der Waals surface area contributed by atoms with Crippen LogP contribution in [0, 0.1) is 0 Å². The van der Waals surface area contributed by atoms with E-state index in [2.05, 4.69) is 21.7 Å². The van der Waals surface area contributed by atoms with Gasteiger partial charge in [-0.15, -0.1) is 0 Å². The summed E-state index contributed by atoms with van der Waals surface area (Å²) in [4.78, 5) is 25.9. The van der Waals surface area contributed by atoms with Crippen LogP contribution in [0.4, 0.5) is 4.79 Å². The van der Waals surface area contributed by atoms with Gasteiger partial charge in [-0.05, 0) is 47.3 Å². The largest absolute Gasteiger partial charge is 0.351 e. The highest BCUT2D eigenvalue weighted by Crippen LogP contribution is 2.39. The molecule has 2 aromatic rings. The van der Waals surface area contributed by atoms with Gasteiger partial charge in [0.1, 0.15) is 6.04 Å². The Bertz CT molecular complexity index is 672. The molecule has 0 bridgehead atoms. The number of imide groups is 1. The monoisotopic (exact) mass is 329 g/mol. The van der Waals surface area contributed by atoms with Gasteiger partial charge in [-0.2, -0.15) is 11.3 Å². The van der Waals surface area contributed by atoms with E-state index in [1.165, 1.54) is 5.56 Å². The molecule has 2 heterocycles. The summed E-state index contributed by atoms with van der Waals surface area (Å²) in [5.74, 6) is -0.370. The van der Waals surface area contributed by atoms with Gasteiger partial charge in [0.25, 0.3) is 0 Å². The number of rotatable bonds is 4. The predicted octanol–water partition coefficient (Wildman–Crippen LogP) is 2.82. The third-order valence-electron chi connectivity index (χ3n) is 4.16. The van der Waals surface area contributed by atoms with Gasteiger partial charge in [-0.1, -0.05) is 30.3 Å². The van der Waals surface area contributed by atoms with E-state index in [1.807, 2.05) is 35.7 Å². The molecule has 0 spiro atoms. The number of nitrogens with two attached hydrogens (primary N) is 1. The van der Waals surface area contributed by atoms with Gasteiger partial charge >= 0.3 is 6.03 Å². The first kappa shape index (κ1) is 15.7. The Morgan fingerprint density at radius 3 is 2.70 bits per heavy atom. The van der Waals surface area contributed by atoms with Crippen LogP contribution in [0.5, 0.6) is 0 Å². The molecule has 1 aromatic heterocycles. The molecule has 23 heavy (non-hydrogen) atoms. The number of hydrogen-bond acceptors (Lipinski definition) is 4. The van der Waals surface area contributed by atoms with Crippen LogP contribution in [0.25, 0.3) is 0 Å². The minimum absolute atomic E-state index is 0.185. The van der Waals surface area contributed by atoms with Crippen LogP contribution in [0.3, 0.4) is 0 Å². The van der Waals surface area contributed by atoms with E-state index in [9.17, 15) is 9.59 Å². The van der Waals surface area contributed by atoms with Crippen molar-refractivity contribution < 1.29 is 9.59 Å². The Morgan fingerprint density at radius 2 is 2.04 bits per heavy atom. The molecular formula is C17H19N3O2S. The van der Waals surface area contributed by atoms with Crippen LogP contribution >= 0.6 is 11.3 Å². The number of nitrogens with zero attached hydrogens (tertiary/aromatic N) is 1. The maximum absolute atomic E-state index is 12.6. The lowest BCUT2D eigenvalue weighted by Crippen LogP contribution is -2.44. The minimum atomic E-state index is -0.817. The highest BCUT2D eigenvalue weighted by molar-refractivity contribution is 7.07. The number of carbonyl (C=O) groups is 2. The normalized spacial score (nSPS) is 19.4. The van der Waals surface area contributed by atoms with E-state index in [4.69, 9.17) is 5.73 Å². The van der Waals surface area contributed by atoms with E-state index in [1.54, 1.807) is 11.3 Å². The molecule has 1 saturated heterocycles. The zero-order chi connectivity index (χ0) is 16.2. The molecule has 0 radical (unpaired) electrons. The van der Waals surface area contributed by atoms with E-state index >= 15 is 0 Å². The van der Waals surface area contributed by atoms with E-state index in [0.717, 1.165) is 24.9 Å². The molecule has 3 rings (SSSR count). The standard InChI is InChI=1S/C17H19N3O2S/c18-17(22)19-16(21)15(12-5-2-1-3-6-12)20-9-4-7-14(20)13-8-10-23-11-13/h1-3,5-6,8,10-11,14-15H,4,7,9H2,(H3,18,19,21,22)/t14-,15+/m0/s1. The minimum Gasteiger partial charge on any atom is -0.351 e. The van der Waals surface area contributed by atoms with Crippen molar-refractivity contribution in [2.45, 2.75) is 24.9 Å². The van der Waals surface area contributed by atoms with Gasteiger partial charge in [0, 0.05) is 6.04 Å². The maximum atomic E-state index is 12.6. The molecule has 1 aromatic carbocycles. The topological polar surface area (TPSA) is 75.4 Å². The van der Waals surface area contributed by atoms with Crippen molar-refractivity contribution in [2.24, 2.45) is 5.73 Å². The summed E-state index contributed by atoms with van der Waals surface area (Å²) in [7, 11) is 0. The second kappa shape index (κ2) is 6.93. The van der Waals surface area contributed by atoms with Crippen molar-refractivity contribution in [3.63, 3.8) is 0 Å². The van der Waals surface area contributed by atoms with Crippen molar-refractivity contribution in [1.82, 2.24) is 10.2 Å². The lowest BCUT2D eigenvalue weighted by Gasteiger charge is -2.32. The molecule has 1 aliphatic heterocycles. The molecule has 0 saturated carbocycles. The van der Waals surface area contributed by atoms with E-state index < -0.39 is 12.1 Å². The quantitative estimate of drug-likeness (QED) is 0.905. The van der Waals surface area contributed by atoms with Crippen molar-refractivity contribution >= 4 is 23.3 Å². The number of amides is 3. The molecule has 0 unspecified atom stereocenters. The van der Waals surface area contributed by atoms with Crippen molar-refractivity contribution in [3.8, 4) is 0 Å². The zero-order valence-electron chi connectivity index (χ0n) is 12.6. The van der Waals surface area contributed by atoms with Gasteiger partial charge in [0.2, 0.25) is 5.91 Å². The number of hydrogen-bond donors (Lipinski definition) is 2. The first-order valence-corrected chi connectivity index (χ1v) is 8.54. The SMILES string of the molecule is NC(=O)NC(=O)[C@@H](c1ccccc1)N1CCC[C@H]1c1ccsc1. The summed E-state index contributed by atoms with van der Waals surface area (Å²) in [6.07, 6.45) is 2.03. The second-order valence-corrected chi connectivity index (χ2v) is 6.40. The van der Waals surface area contributed by atoms with E-state index in [-0.39, 0.29) is 11.9 Å². The molecular weight excluding hydrogens is 310 g/mol. The average molecular weight is 329 g/mol. The fourth-order valence-electron chi connectivity index (χ4n) is 3.24. The third kappa shape index (κ3) is 3.43. The van der Waals surface area contributed by atoms with Crippen LogP contribution in [0.2, 0.25) is 0 Å². The molecule has 6 heteroatoms. The van der Waals surface area contributed by atoms with Gasteiger partial charge in [0.15, 0.2) is 0 Å². The third-order valence-corrected chi connectivity index (χ3v) is 4.87. The molecule has 0 aliphatic carbocycles. The summed E-state index contributed by atoms with van der Waals surface area (Å²) in [6, 6.07) is 10.5. The van der Waals surface area contributed by atoms with Crippen molar-refractivity contribution in [3.05, 3.63) is 58.3 Å². The Kier molecular flexibility index (Phi) is 4.73. The number of benzene rings is 1. The van der Waals surface area contributed by atoms with Crippen LogP contribution in [-0.4, -0.2) is 23.4 Å². The zero-order valence-corrected chi connectivity index (χ0v) is 13.5. The highest BCUT2D eigenvalue weighted by Gasteiger charge is 2.37. The fraction of sp³-hybridized carbons (Fsp3) is 0.294. The Hall–Kier alpha value is -2.18. The van der Waals surface area contributed by atoms with Crippen LogP contribution < -0.4 is 11.1 Å². The molecule has 120 valence electrons. The molecule has 5 nitrogen and oxygen atoms in total. The number of primary amides is 1. The summed E-state index contributed by atoms with van der Waals surface area (Å²) >= 11 is 1.65. The average Bonchev–Trinajstić information content (AvgIpc) is 3.18. The molecule has 3 amide bonds. The number of thiophene rings is 1.